The van der Waals surface area contributed by atoms with Gasteiger partial charge in [-0.3, -0.25) is 9.59 Å². The van der Waals surface area contributed by atoms with E-state index < -0.39 is 0 Å². The number of amides is 1. The van der Waals surface area contributed by atoms with Gasteiger partial charge >= 0.3 is 0 Å². The molecule has 0 fully saturated rings. The second-order valence-electron chi connectivity index (χ2n) is 5.21. The predicted octanol–water partition coefficient (Wildman–Crippen LogP) is 1.26. The van der Waals surface area contributed by atoms with E-state index in [2.05, 4.69) is 15.4 Å². The SMILES string of the molecule is CCCNC(=O)c1nn(-c2ccccc2)c2c(=O)n(C)cnc12. The first-order chi connectivity index (χ1) is 11.1. The number of carbonyl (C=O) groups excluding carboxylic acids is 1. The third-order valence-corrected chi connectivity index (χ3v) is 3.49. The Labute approximate surface area is 132 Å². The number of aryl methyl sites for hydroxylation is 1. The molecule has 7 nitrogen and oxygen atoms in total. The summed E-state index contributed by atoms with van der Waals surface area (Å²) in [6, 6.07) is 9.22. The first kappa shape index (κ1) is 15.0. The van der Waals surface area contributed by atoms with Crippen LogP contribution in [0.15, 0.2) is 41.5 Å². The van der Waals surface area contributed by atoms with Gasteiger partial charge in [0.25, 0.3) is 11.5 Å². The van der Waals surface area contributed by atoms with Crippen molar-refractivity contribution in [3.8, 4) is 5.69 Å². The van der Waals surface area contributed by atoms with Crippen molar-refractivity contribution in [2.24, 2.45) is 7.05 Å². The van der Waals surface area contributed by atoms with Gasteiger partial charge in [0.15, 0.2) is 11.2 Å². The molecule has 3 rings (SSSR count). The van der Waals surface area contributed by atoms with Crippen LogP contribution >= 0.6 is 0 Å². The van der Waals surface area contributed by atoms with E-state index in [0.29, 0.717) is 23.3 Å². The zero-order valence-corrected chi connectivity index (χ0v) is 13.0. The van der Waals surface area contributed by atoms with Gasteiger partial charge in [0.2, 0.25) is 0 Å². The standard InChI is InChI=1S/C16H17N5O2/c1-3-9-17-15(22)13-12-14(16(23)20(2)10-18-12)21(19-13)11-7-5-4-6-8-11/h4-8,10H,3,9H2,1-2H3,(H,17,22). The van der Waals surface area contributed by atoms with Crippen molar-refractivity contribution in [3.05, 3.63) is 52.7 Å². The molecule has 1 N–H and O–H groups in total. The average molecular weight is 311 g/mol. The van der Waals surface area contributed by atoms with E-state index in [1.165, 1.54) is 15.6 Å². The van der Waals surface area contributed by atoms with Gasteiger partial charge in [0, 0.05) is 13.6 Å². The number of nitrogens with one attached hydrogen (secondary N) is 1. The molecule has 2 heterocycles. The minimum atomic E-state index is -0.327. The normalized spacial score (nSPS) is 10.9. The molecule has 0 unspecified atom stereocenters. The summed E-state index contributed by atoms with van der Waals surface area (Å²) >= 11 is 0. The number of carbonyl (C=O) groups is 1. The fraction of sp³-hybridized carbons (Fsp3) is 0.250. The maximum Gasteiger partial charge on any atom is 0.279 e. The molecule has 0 saturated carbocycles. The van der Waals surface area contributed by atoms with Crippen LogP contribution in [-0.2, 0) is 7.05 Å². The van der Waals surface area contributed by atoms with Crippen LogP contribution in [0, 0.1) is 0 Å². The van der Waals surface area contributed by atoms with Crippen LogP contribution in [0.25, 0.3) is 16.7 Å². The van der Waals surface area contributed by atoms with Gasteiger partial charge in [-0.15, -0.1) is 0 Å². The lowest BCUT2D eigenvalue weighted by atomic mass is 10.3. The van der Waals surface area contributed by atoms with Crippen molar-refractivity contribution in [2.75, 3.05) is 6.54 Å². The molecule has 1 amide bonds. The highest BCUT2D eigenvalue weighted by molar-refractivity contribution is 6.03. The molecule has 0 atom stereocenters. The smallest absolute Gasteiger partial charge is 0.279 e. The van der Waals surface area contributed by atoms with Crippen molar-refractivity contribution in [3.63, 3.8) is 0 Å². The van der Waals surface area contributed by atoms with Crippen LogP contribution in [0.2, 0.25) is 0 Å². The number of aromatic nitrogens is 4. The third-order valence-electron chi connectivity index (χ3n) is 3.49. The summed E-state index contributed by atoms with van der Waals surface area (Å²) in [4.78, 5) is 29.1. The van der Waals surface area contributed by atoms with E-state index in [0.717, 1.165) is 6.42 Å². The Morgan fingerprint density at radius 1 is 1.26 bits per heavy atom. The Kier molecular flexibility index (Phi) is 3.92. The summed E-state index contributed by atoms with van der Waals surface area (Å²) < 4.78 is 2.85. The largest absolute Gasteiger partial charge is 0.351 e. The Morgan fingerprint density at radius 2 is 2.00 bits per heavy atom. The number of benzene rings is 1. The molecule has 3 aromatic rings. The number of hydrogen-bond acceptors (Lipinski definition) is 4. The van der Waals surface area contributed by atoms with Crippen molar-refractivity contribution >= 4 is 16.9 Å². The second-order valence-corrected chi connectivity index (χ2v) is 5.21. The van der Waals surface area contributed by atoms with Gasteiger partial charge in [-0.1, -0.05) is 25.1 Å². The highest BCUT2D eigenvalue weighted by Crippen LogP contribution is 2.17. The molecular weight excluding hydrogens is 294 g/mol. The molecule has 1 aromatic carbocycles. The number of rotatable bonds is 4. The summed E-state index contributed by atoms with van der Waals surface area (Å²) in [7, 11) is 1.62. The first-order valence-corrected chi connectivity index (χ1v) is 7.41. The summed E-state index contributed by atoms with van der Waals surface area (Å²) in [6.07, 6.45) is 2.22. The Morgan fingerprint density at radius 3 is 2.70 bits per heavy atom. The fourth-order valence-corrected chi connectivity index (χ4v) is 2.32. The van der Waals surface area contributed by atoms with Crippen LogP contribution in [0.5, 0.6) is 0 Å². The van der Waals surface area contributed by atoms with Crippen LogP contribution in [0.3, 0.4) is 0 Å². The highest BCUT2D eigenvalue weighted by atomic mass is 16.2. The van der Waals surface area contributed by atoms with Crippen molar-refractivity contribution in [1.29, 1.82) is 0 Å². The molecule has 0 aliphatic heterocycles. The molecule has 2 aromatic heterocycles. The highest BCUT2D eigenvalue weighted by Gasteiger charge is 2.21. The van der Waals surface area contributed by atoms with Gasteiger partial charge in [-0.2, -0.15) is 5.10 Å². The zero-order chi connectivity index (χ0) is 16.4. The van der Waals surface area contributed by atoms with Crippen LogP contribution in [0.4, 0.5) is 0 Å². The minimum Gasteiger partial charge on any atom is -0.351 e. The monoisotopic (exact) mass is 311 g/mol. The van der Waals surface area contributed by atoms with E-state index in [1.807, 2.05) is 37.3 Å². The molecular formula is C16H17N5O2. The predicted molar refractivity (Wildman–Crippen MR) is 86.7 cm³/mol. The van der Waals surface area contributed by atoms with Crippen LogP contribution in [0.1, 0.15) is 23.8 Å². The Balaban J connectivity index is 2.26. The molecule has 0 aliphatic rings. The van der Waals surface area contributed by atoms with Gasteiger partial charge < -0.3 is 9.88 Å². The maximum atomic E-state index is 12.5. The topological polar surface area (TPSA) is 81.8 Å². The summed E-state index contributed by atoms with van der Waals surface area (Å²) in [6.45, 7) is 2.51. The quantitative estimate of drug-likeness (QED) is 0.786. The van der Waals surface area contributed by atoms with Gasteiger partial charge in [-0.25, -0.2) is 9.67 Å². The van der Waals surface area contributed by atoms with E-state index in [9.17, 15) is 9.59 Å². The van der Waals surface area contributed by atoms with Gasteiger partial charge in [-0.05, 0) is 18.6 Å². The molecule has 0 spiro atoms. The Hall–Kier alpha value is -2.96. The lowest BCUT2D eigenvalue weighted by Crippen LogP contribution is -2.25. The first-order valence-electron chi connectivity index (χ1n) is 7.41. The average Bonchev–Trinajstić information content (AvgIpc) is 2.97. The summed E-state index contributed by atoms with van der Waals surface area (Å²) in [5, 5.41) is 7.12. The number of hydrogen-bond donors (Lipinski definition) is 1. The molecule has 0 aliphatic carbocycles. The molecule has 0 saturated heterocycles. The maximum absolute atomic E-state index is 12.5. The molecule has 0 bridgehead atoms. The number of para-hydroxylation sites is 1. The van der Waals surface area contributed by atoms with Crippen molar-refractivity contribution in [2.45, 2.75) is 13.3 Å². The van der Waals surface area contributed by atoms with E-state index in [-0.39, 0.29) is 17.2 Å². The van der Waals surface area contributed by atoms with Crippen LogP contribution in [-0.4, -0.2) is 31.8 Å². The van der Waals surface area contributed by atoms with Gasteiger partial charge in [0.05, 0.1) is 12.0 Å². The second kappa shape index (κ2) is 6.04. The van der Waals surface area contributed by atoms with E-state index in [1.54, 1.807) is 7.05 Å². The zero-order valence-electron chi connectivity index (χ0n) is 13.0. The number of nitrogens with zero attached hydrogens (tertiary/aromatic N) is 4. The lowest BCUT2D eigenvalue weighted by Gasteiger charge is -2.02. The molecule has 23 heavy (non-hydrogen) atoms. The summed E-state index contributed by atoms with van der Waals surface area (Å²) in [5.41, 5.74) is 1.22. The Bertz CT molecular complexity index is 911. The molecule has 0 radical (unpaired) electrons. The lowest BCUT2D eigenvalue weighted by molar-refractivity contribution is 0.0949. The molecule has 7 heteroatoms. The fourth-order valence-electron chi connectivity index (χ4n) is 2.32. The van der Waals surface area contributed by atoms with Crippen molar-refractivity contribution in [1.82, 2.24) is 24.6 Å². The van der Waals surface area contributed by atoms with E-state index >= 15 is 0 Å². The third kappa shape index (κ3) is 2.61. The number of fused-ring (bicyclic) bond motifs is 1. The van der Waals surface area contributed by atoms with Crippen molar-refractivity contribution < 1.29 is 4.79 Å². The van der Waals surface area contributed by atoms with Gasteiger partial charge in [0.1, 0.15) is 5.52 Å². The minimum absolute atomic E-state index is 0.162. The molecule has 118 valence electrons. The van der Waals surface area contributed by atoms with E-state index in [4.69, 9.17) is 0 Å². The summed E-state index contributed by atoms with van der Waals surface area (Å²) in [5.74, 6) is -0.327. The van der Waals surface area contributed by atoms with Crippen LogP contribution < -0.4 is 10.9 Å².